The van der Waals surface area contributed by atoms with Gasteiger partial charge in [0.05, 0.1) is 5.69 Å². The fourth-order valence-corrected chi connectivity index (χ4v) is 1.78. The summed E-state index contributed by atoms with van der Waals surface area (Å²) in [6.07, 6.45) is 1.34. The van der Waals surface area contributed by atoms with Gasteiger partial charge in [0.15, 0.2) is 0 Å². The maximum Gasteiger partial charge on any atom is 0.266 e. The first-order chi connectivity index (χ1) is 10.5. The second kappa shape index (κ2) is 6.83. The Bertz CT molecular complexity index is 780. The Morgan fingerprint density at radius 1 is 1.18 bits per heavy atom. The van der Waals surface area contributed by atoms with Crippen molar-refractivity contribution < 1.29 is 13.6 Å². The van der Waals surface area contributed by atoms with Crippen LogP contribution in [0, 0.1) is 23.0 Å². The van der Waals surface area contributed by atoms with E-state index in [0.29, 0.717) is 16.7 Å². The van der Waals surface area contributed by atoms with E-state index in [0.717, 1.165) is 12.1 Å². The highest BCUT2D eigenvalue weighted by Gasteiger charge is 2.12. The third kappa shape index (κ3) is 3.90. The average Bonchev–Trinajstić information content (AvgIpc) is 2.49. The van der Waals surface area contributed by atoms with Crippen LogP contribution in [0.25, 0.3) is 6.08 Å². The number of carbonyl (C=O) groups is 1. The molecule has 2 aromatic rings. The lowest BCUT2D eigenvalue weighted by atomic mass is 10.1. The van der Waals surface area contributed by atoms with Crippen LogP contribution in [0.3, 0.4) is 0 Å². The van der Waals surface area contributed by atoms with Gasteiger partial charge in [-0.2, -0.15) is 5.26 Å². The number of halogens is 3. The molecule has 0 unspecified atom stereocenters. The lowest BCUT2D eigenvalue weighted by Gasteiger charge is -2.05. The molecular formula is C16H9ClF2N2O. The van der Waals surface area contributed by atoms with Crippen molar-refractivity contribution in [2.45, 2.75) is 0 Å². The minimum Gasteiger partial charge on any atom is -0.319 e. The van der Waals surface area contributed by atoms with Crippen LogP contribution < -0.4 is 5.32 Å². The summed E-state index contributed by atoms with van der Waals surface area (Å²) in [6.45, 7) is 0. The summed E-state index contributed by atoms with van der Waals surface area (Å²) in [5, 5.41) is 11.8. The molecule has 3 nitrogen and oxygen atoms in total. The molecule has 0 radical (unpaired) electrons. The van der Waals surface area contributed by atoms with Gasteiger partial charge in [0.2, 0.25) is 0 Å². The van der Waals surface area contributed by atoms with E-state index in [4.69, 9.17) is 16.9 Å². The van der Waals surface area contributed by atoms with E-state index in [2.05, 4.69) is 5.32 Å². The number of rotatable bonds is 3. The molecule has 0 saturated heterocycles. The number of nitrogens with one attached hydrogen (secondary N) is 1. The van der Waals surface area contributed by atoms with Crippen molar-refractivity contribution in [3.63, 3.8) is 0 Å². The van der Waals surface area contributed by atoms with Crippen molar-refractivity contribution in [1.29, 1.82) is 5.26 Å². The normalized spacial score (nSPS) is 10.9. The molecule has 1 amide bonds. The highest BCUT2D eigenvalue weighted by atomic mass is 35.5. The molecule has 0 heterocycles. The molecule has 2 rings (SSSR count). The van der Waals surface area contributed by atoms with Crippen molar-refractivity contribution in [1.82, 2.24) is 0 Å². The van der Waals surface area contributed by atoms with E-state index in [1.54, 1.807) is 30.3 Å². The van der Waals surface area contributed by atoms with Crippen molar-refractivity contribution in [3.8, 4) is 6.07 Å². The maximum absolute atomic E-state index is 13.5. The van der Waals surface area contributed by atoms with Gasteiger partial charge in [0.25, 0.3) is 5.91 Å². The molecule has 0 atom stereocenters. The van der Waals surface area contributed by atoms with Gasteiger partial charge < -0.3 is 5.32 Å². The Kier molecular flexibility index (Phi) is 4.87. The smallest absolute Gasteiger partial charge is 0.266 e. The van der Waals surface area contributed by atoms with Crippen LogP contribution in [0.4, 0.5) is 14.5 Å². The first-order valence-electron chi connectivity index (χ1n) is 6.13. The third-order valence-corrected chi connectivity index (χ3v) is 2.98. The Hall–Kier alpha value is -2.71. The maximum atomic E-state index is 13.5. The number of amides is 1. The zero-order chi connectivity index (χ0) is 16.1. The Morgan fingerprint density at radius 2 is 1.86 bits per heavy atom. The minimum absolute atomic E-state index is 0.205. The van der Waals surface area contributed by atoms with E-state index in [1.165, 1.54) is 6.08 Å². The number of anilines is 1. The van der Waals surface area contributed by atoms with Crippen LogP contribution in [0.5, 0.6) is 0 Å². The monoisotopic (exact) mass is 318 g/mol. The zero-order valence-electron chi connectivity index (χ0n) is 11.1. The number of nitrogens with zero attached hydrogens (tertiary/aromatic N) is 1. The Labute approximate surface area is 130 Å². The summed E-state index contributed by atoms with van der Waals surface area (Å²) < 4.78 is 26.3. The van der Waals surface area contributed by atoms with Gasteiger partial charge in [-0.05, 0) is 35.9 Å². The summed E-state index contributed by atoms with van der Waals surface area (Å²) in [5.74, 6) is -2.46. The highest BCUT2D eigenvalue weighted by molar-refractivity contribution is 6.30. The van der Waals surface area contributed by atoms with Crippen molar-refractivity contribution in [2.24, 2.45) is 0 Å². The molecule has 0 aliphatic heterocycles. The average molecular weight is 319 g/mol. The Balaban J connectivity index is 2.22. The van der Waals surface area contributed by atoms with E-state index >= 15 is 0 Å². The second-order valence-electron chi connectivity index (χ2n) is 4.30. The number of hydrogen-bond donors (Lipinski definition) is 1. The third-order valence-electron chi connectivity index (χ3n) is 2.73. The number of benzene rings is 2. The minimum atomic E-state index is -0.919. The molecule has 0 fully saturated rings. The van der Waals surface area contributed by atoms with Crippen LogP contribution in [0.1, 0.15) is 5.56 Å². The first kappa shape index (κ1) is 15.7. The standard InChI is InChI=1S/C16H9ClF2N2O/c17-12-3-1-10(2-4-12)7-11(9-20)16(22)21-15-6-5-13(18)8-14(15)19/h1-8H,(H,21,22)/b11-7-. The van der Waals surface area contributed by atoms with E-state index in [-0.39, 0.29) is 11.3 Å². The summed E-state index contributed by atoms with van der Waals surface area (Å²) in [7, 11) is 0. The largest absolute Gasteiger partial charge is 0.319 e. The highest BCUT2D eigenvalue weighted by Crippen LogP contribution is 2.17. The first-order valence-corrected chi connectivity index (χ1v) is 6.51. The summed E-state index contributed by atoms with van der Waals surface area (Å²) in [6, 6.07) is 11.0. The molecule has 0 spiro atoms. The molecule has 110 valence electrons. The van der Waals surface area contributed by atoms with Crippen molar-refractivity contribution in [2.75, 3.05) is 5.32 Å². The fraction of sp³-hybridized carbons (Fsp3) is 0. The van der Waals surface area contributed by atoms with Gasteiger partial charge in [0, 0.05) is 11.1 Å². The van der Waals surface area contributed by atoms with Gasteiger partial charge in [-0.1, -0.05) is 23.7 Å². The predicted molar refractivity (Wildman–Crippen MR) is 80.0 cm³/mol. The molecule has 0 aliphatic rings. The summed E-state index contributed by atoms with van der Waals surface area (Å²) in [5.41, 5.74) is 0.172. The van der Waals surface area contributed by atoms with Gasteiger partial charge >= 0.3 is 0 Å². The molecule has 6 heteroatoms. The lowest BCUT2D eigenvalue weighted by molar-refractivity contribution is -0.112. The number of carbonyl (C=O) groups excluding carboxylic acids is 1. The van der Waals surface area contributed by atoms with Crippen LogP contribution in [0.2, 0.25) is 5.02 Å². The van der Waals surface area contributed by atoms with Crippen LogP contribution in [-0.4, -0.2) is 5.91 Å². The number of nitriles is 1. The summed E-state index contributed by atoms with van der Waals surface area (Å²) >= 11 is 5.74. The lowest BCUT2D eigenvalue weighted by Crippen LogP contribution is -2.14. The SMILES string of the molecule is N#C/C(=C/c1ccc(Cl)cc1)C(=O)Nc1ccc(F)cc1F. The fourth-order valence-electron chi connectivity index (χ4n) is 1.65. The molecule has 1 N–H and O–H groups in total. The quantitative estimate of drug-likeness (QED) is 0.682. The van der Waals surface area contributed by atoms with Crippen molar-refractivity contribution >= 4 is 29.3 Å². The van der Waals surface area contributed by atoms with E-state index < -0.39 is 17.5 Å². The second-order valence-corrected chi connectivity index (χ2v) is 4.74. The molecule has 0 bridgehead atoms. The van der Waals surface area contributed by atoms with Crippen LogP contribution >= 0.6 is 11.6 Å². The van der Waals surface area contributed by atoms with Gasteiger partial charge in [-0.25, -0.2) is 8.78 Å². The van der Waals surface area contributed by atoms with Crippen LogP contribution in [0.15, 0.2) is 48.0 Å². The predicted octanol–water partition coefficient (Wildman–Crippen LogP) is 4.16. The zero-order valence-corrected chi connectivity index (χ0v) is 11.9. The topological polar surface area (TPSA) is 52.9 Å². The molecular weight excluding hydrogens is 310 g/mol. The Morgan fingerprint density at radius 3 is 2.45 bits per heavy atom. The van der Waals surface area contributed by atoms with Crippen molar-refractivity contribution in [3.05, 3.63) is 70.3 Å². The van der Waals surface area contributed by atoms with Gasteiger partial charge in [0.1, 0.15) is 23.3 Å². The number of hydrogen-bond acceptors (Lipinski definition) is 2. The molecule has 22 heavy (non-hydrogen) atoms. The van der Waals surface area contributed by atoms with Gasteiger partial charge in [-0.3, -0.25) is 4.79 Å². The molecule has 0 saturated carbocycles. The molecule has 0 aromatic heterocycles. The van der Waals surface area contributed by atoms with E-state index in [1.807, 2.05) is 0 Å². The summed E-state index contributed by atoms with van der Waals surface area (Å²) in [4.78, 5) is 12.0. The van der Waals surface area contributed by atoms with E-state index in [9.17, 15) is 13.6 Å². The molecule has 2 aromatic carbocycles. The molecule has 0 aliphatic carbocycles. The van der Waals surface area contributed by atoms with Gasteiger partial charge in [-0.15, -0.1) is 0 Å². The van der Waals surface area contributed by atoms with Crippen LogP contribution in [-0.2, 0) is 4.79 Å².